The lowest BCUT2D eigenvalue weighted by molar-refractivity contribution is -0.131. The van der Waals surface area contributed by atoms with Gasteiger partial charge in [0.1, 0.15) is 5.75 Å². The molecule has 74 valence electrons. The summed E-state index contributed by atoms with van der Waals surface area (Å²) in [5, 5.41) is 17.8. The van der Waals surface area contributed by atoms with E-state index in [-0.39, 0.29) is 5.75 Å². The Balaban J connectivity index is 3.12. The van der Waals surface area contributed by atoms with Gasteiger partial charge in [-0.05, 0) is 42.7 Å². The lowest BCUT2D eigenvalue weighted by Crippen LogP contribution is -1.89. The van der Waals surface area contributed by atoms with Gasteiger partial charge in [0.15, 0.2) is 0 Å². The van der Waals surface area contributed by atoms with Gasteiger partial charge in [0.2, 0.25) is 0 Å². The molecule has 0 atom stereocenters. The first kappa shape index (κ1) is 10.3. The summed E-state index contributed by atoms with van der Waals surface area (Å²) < 4.78 is 0. The van der Waals surface area contributed by atoms with E-state index in [9.17, 15) is 9.90 Å². The van der Waals surface area contributed by atoms with E-state index in [2.05, 4.69) is 0 Å². The fraction of sp³-hybridized carbons (Fsp3) is 0.182. The molecule has 0 bridgehead atoms. The topological polar surface area (TPSA) is 57.5 Å². The summed E-state index contributed by atoms with van der Waals surface area (Å²) in [6, 6.07) is 3.25. The minimum atomic E-state index is -0.977. The van der Waals surface area contributed by atoms with Crippen molar-refractivity contribution in [2.75, 3.05) is 0 Å². The number of aliphatic carboxylic acids is 1. The zero-order valence-corrected chi connectivity index (χ0v) is 8.11. The Labute approximate surface area is 82.3 Å². The first-order chi connectivity index (χ1) is 6.52. The fourth-order valence-electron chi connectivity index (χ4n) is 1.17. The van der Waals surface area contributed by atoms with Gasteiger partial charge in [0, 0.05) is 6.08 Å². The fourth-order valence-corrected chi connectivity index (χ4v) is 1.17. The third kappa shape index (κ3) is 2.13. The molecule has 0 aliphatic heterocycles. The third-order valence-corrected chi connectivity index (χ3v) is 2.21. The molecular weight excluding hydrogens is 180 g/mol. The minimum absolute atomic E-state index is 0.231. The van der Waals surface area contributed by atoms with E-state index in [0.29, 0.717) is 0 Å². The number of hydrogen-bond donors (Lipinski definition) is 2. The highest BCUT2D eigenvalue weighted by atomic mass is 16.4. The molecule has 0 heterocycles. The predicted octanol–water partition coefficient (Wildman–Crippen LogP) is 2.11. The van der Waals surface area contributed by atoms with Crippen LogP contribution in [0.5, 0.6) is 5.75 Å². The second-order valence-electron chi connectivity index (χ2n) is 3.10. The van der Waals surface area contributed by atoms with Gasteiger partial charge >= 0.3 is 5.97 Å². The van der Waals surface area contributed by atoms with Crippen molar-refractivity contribution in [3.05, 3.63) is 34.9 Å². The molecule has 14 heavy (non-hydrogen) atoms. The highest BCUT2D eigenvalue weighted by Crippen LogP contribution is 2.23. The van der Waals surface area contributed by atoms with E-state index in [4.69, 9.17) is 5.11 Å². The first-order valence-corrected chi connectivity index (χ1v) is 4.22. The predicted molar refractivity (Wildman–Crippen MR) is 54.3 cm³/mol. The molecule has 3 nitrogen and oxygen atoms in total. The molecule has 1 aromatic carbocycles. The summed E-state index contributed by atoms with van der Waals surface area (Å²) in [5.41, 5.74) is 2.47. The van der Waals surface area contributed by atoms with E-state index in [1.807, 2.05) is 6.92 Å². The molecule has 3 heteroatoms. The summed E-state index contributed by atoms with van der Waals surface area (Å²) in [6.07, 6.45) is 2.60. The van der Waals surface area contributed by atoms with Gasteiger partial charge in [-0.3, -0.25) is 0 Å². The molecule has 0 aromatic heterocycles. The van der Waals surface area contributed by atoms with Crippen molar-refractivity contribution in [3.63, 3.8) is 0 Å². The van der Waals surface area contributed by atoms with E-state index in [1.54, 1.807) is 19.1 Å². The zero-order valence-electron chi connectivity index (χ0n) is 8.11. The van der Waals surface area contributed by atoms with Crippen molar-refractivity contribution in [2.45, 2.75) is 13.8 Å². The van der Waals surface area contributed by atoms with E-state index < -0.39 is 5.97 Å². The lowest BCUT2D eigenvalue weighted by atomic mass is 10.0. The number of aromatic hydroxyl groups is 1. The van der Waals surface area contributed by atoms with Gasteiger partial charge in [-0.2, -0.15) is 0 Å². The molecule has 1 rings (SSSR count). The smallest absolute Gasteiger partial charge is 0.328 e. The number of phenolic OH excluding ortho intramolecular Hbond substituents is 1. The van der Waals surface area contributed by atoms with Crippen LogP contribution in [0, 0.1) is 13.8 Å². The van der Waals surface area contributed by atoms with Crippen molar-refractivity contribution < 1.29 is 15.0 Å². The molecule has 0 amide bonds. The second kappa shape index (κ2) is 3.96. The van der Waals surface area contributed by atoms with Gasteiger partial charge < -0.3 is 10.2 Å². The summed E-state index contributed by atoms with van der Waals surface area (Å²) in [6.45, 7) is 3.64. The van der Waals surface area contributed by atoms with Crippen molar-refractivity contribution >= 4 is 12.0 Å². The molecule has 0 aliphatic rings. The molecule has 0 unspecified atom stereocenters. The number of carboxylic acids is 1. The number of hydrogen-bond acceptors (Lipinski definition) is 2. The van der Waals surface area contributed by atoms with Crippen molar-refractivity contribution in [1.29, 1.82) is 0 Å². The van der Waals surface area contributed by atoms with Crippen LogP contribution in [0.1, 0.15) is 16.7 Å². The van der Waals surface area contributed by atoms with E-state index in [0.717, 1.165) is 22.8 Å². The quantitative estimate of drug-likeness (QED) is 0.705. The van der Waals surface area contributed by atoms with Crippen LogP contribution in [0.15, 0.2) is 18.2 Å². The standard InChI is InChI=1S/C11H12O3/c1-7-8(2)10(12)5-3-9(7)4-6-11(13)14/h3-6,12H,1-2H3,(H,13,14)/b6-4+. The Morgan fingerprint density at radius 3 is 2.50 bits per heavy atom. The van der Waals surface area contributed by atoms with Crippen LogP contribution in [-0.2, 0) is 4.79 Å². The van der Waals surface area contributed by atoms with Crippen LogP contribution in [0.2, 0.25) is 0 Å². The minimum Gasteiger partial charge on any atom is -0.508 e. The molecule has 0 saturated heterocycles. The second-order valence-corrected chi connectivity index (χ2v) is 3.10. The summed E-state index contributed by atoms with van der Waals surface area (Å²) in [7, 11) is 0. The van der Waals surface area contributed by atoms with Crippen LogP contribution >= 0.6 is 0 Å². The van der Waals surface area contributed by atoms with Crippen LogP contribution < -0.4 is 0 Å². The maximum Gasteiger partial charge on any atom is 0.328 e. The largest absolute Gasteiger partial charge is 0.508 e. The average Bonchev–Trinajstić information content (AvgIpc) is 2.13. The number of phenols is 1. The Morgan fingerprint density at radius 2 is 1.93 bits per heavy atom. The van der Waals surface area contributed by atoms with Gasteiger partial charge in [0.05, 0.1) is 0 Å². The van der Waals surface area contributed by atoms with Crippen LogP contribution in [0.25, 0.3) is 6.08 Å². The van der Waals surface area contributed by atoms with Crippen molar-refractivity contribution in [1.82, 2.24) is 0 Å². The third-order valence-electron chi connectivity index (χ3n) is 2.21. The van der Waals surface area contributed by atoms with Crippen molar-refractivity contribution in [3.8, 4) is 5.75 Å². The molecule has 0 radical (unpaired) electrons. The average molecular weight is 192 g/mol. The van der Waals surface area contributed by atoms with Crippen molar-refractivity contribution in [2.24, 2.45) is 0 Å². The number of benzene rings is 1. The SMILES string of the molecule is Cc1c(O)ccc(/C=C/C(=O)O)c1C. The Bertz CT molecular complexity index is 392. The zero-order chi connectivity index (χ0) is 10.7. The molecule has 0 saturated carbocycles. The van der Waals surface area contributed by atoms with Crippen LogP contribution in [0.4, 0.5) is 0 Å². The van der Waals surface area contributed by atoms with Crippen LogP contribution in [-0.4, -0.2) is 16.2 Å². The molecule has 2 N–H and O–H groups in total. The number of rotatable bonds is 2. The first-order valence-electron chi connectivity index (χ1n) is 4.22. The highest BCUT2D eigenvalue weighted by Gasteiger charge is 2.02. The summed E-state index contributed by atoms with van der Waals surface area (Å²) >= 11 is 0. The van der Waals surface area contributed by atoms with Crippen LogP contribution in [0.3, 0.4) is 0 Å². The molecule has 0 spiro atoms. The molecule has 0 fully saturated rings. The molecule has 0 aliphatic carbocycles. The summed E-state index contributed by atoms with van der Waals surface area (Å²) in [4.78, 5) is 10.3. The Hall–Kier alpha value is -1.77. The van der Waals surface area contributed by atoms with Gasteiger partial charge in [0.25, 0.3) is 0 Å². The number of carboxylic acid groups (broad SMARTS) is 1. The highest BCUT2D eigenvalue weighted by molar-refractivity contribution is 5.85. The Kier molecular flexibility index (Phi) is 2.92. The Morgan fingerprint density at radius 1 is 1.29 bits per heavy atom. The molecular formula is C11H12O3. The summed E-state index contributed by atoms with van der Waals surface area (Å²) in [5.74, 6) is -0.745. The van der Waals surface area contributed by atoms with E-state index >= 15 is 0 Å². The van der Waals surface area contributed by atoms with Gasteiger partial charge in [-0.15, -0.1) is 0 Å². The molecule has 1 aromatic rings. The van der Waals surface area contributed by atoms with Gasteiger partial charge in [-0.1, -0.05) is 6.07 Å². The van der Waals surface area contributed by atoms with E-state index in [1.165, 1.54) is 6.08 Å². The van der Waals surface area contributed by atoms with Gasteiger partial charge in [-0.25, -0.2) is 4.79 Å². The monoisotopic (exact) mass is 192 g/mol. The number of carbonyl (C=O) groups is 1. The lowest BCUT2D eigenvalue weighted by Gasteiger charge is -2.06. The normalized spacial score (nSPS) is 10.7. The maximum atomic E-state index is 10.3. The maximum absolute atomic E-state index is 10.3.